The molecule has 6 heteroatoms. The van der Waals surface area contributed by atoms with Crippen LogP contribution >= 0.6 is 43.5 Å². The quantitative estimate of drug-likeness (QED) is 0.699. The molecule has 0 aliphatic carbocycles. The van der Waals surface area contributed by atoms with Gasteiger partial charge in [-0.15, -0.1) is 0 Å². The lowest BCUT2D eigenvalue weighted by atomic mass is 9.98. The molecule has 2 rings (SSSR count). The molecule has 2 aromatic carbocycles. The smallest absolute Gasteiger partial charge is 0.138 e. The van der Waals surface area contributed by atoms with E-state index in [1.807, 2.05) is 13.1 Å². The fourth-order valence-electron chi connectivity index (χ4n) is 2.20. The highest BCUT2D eigenvalue weighted by Gasteiger charge is 2.20. The van der Waals surface area contributed by atoms with Crippen LogP contribution in [0.4, 0.5) is 4.39 Å². The van der Waals surface area contributed by atoms with Gasteiger partial charge in [-0.3, -0.25) is 0 Å². The van der Waals surface area contributed by atoms with Gasteiger partial charge in [0, 0.05) is 10.6 Å². The number of benzene rings is 2. The van der Waals surface area contributed by atoms with Crippen molar-refractivity contribution in [2.24, 2.45) is 0 Å². The number of nitrogens with one attached hydrogen (secondary N) is 1. The maximum atomic E-state index is 13.4. The van der Waals surface area contributed by atoms with Gasteiger partial charge in [-0.1, -0.05) is 17.7 Å². The van der Waals surface area contributed by atoms with E-state index in [-0.39, 0.29) is 11.9 Å². The largest absolute Gasteiger partial charge is 0.495 e. The molecule has 0 aliphatic heterocycles. The van der Waals surface area contributed by atoms with Gasteiger partial charge in [-0.2, -0.15) is 0 Å². The Balaban J connectivity index is 2.58. The van der Waals surface area contributed by atoms with Crippen molar-refractivity contribution in [3.63, 3.8) is 0 Å². The lowest BCUT2D eigenvalue weighted by Crippen LogP contribution is -2.18. The predicted octanol–water partition coefficient (Wildman–Crippen LogP) is 5.32. The summed E-state index contributed by atoms with van der Waals surface area (Å²) < 4.78 is 20.1. The van der Waals surface area contributed by atoms with E-state index in [1.165, 1.54) is 6.07 Å². The lowest BCUT2D eigenvalue weighted by molar-refractivity contribution is 0.402. The Morgan fingerprint density at radius 2 is 1.90 bits per heavy atom. The standard InChI is InChI=1S/C15H13Br2ClFNO/c1-20-14(8-3-4-13(19)11(16)5-8)10-6-9(18)7-12(17)15(10)21-2/h3-7,14,20H,1-2H3. The monoisotopic (exact) mass is 435 g/mol. The molecule has 0 spiro atoms. The van der Waals surface area contributed by atoms with E-state index in [4.69, 9.17) is 16.3 Å². The third-order valence-electron chi connectivity index (χ3n) is 3.12. The van der Waals surface area contributed by atoms with Crippen molar-refractivity contribution in [2.75, 3.05) is 14.2 Å². The second-order valence-electron chi connectivity index (χ2n) is 4.41. The van der Waals surface area contributed by atoms with Gasteiger partial charge in [-0.05, 0) is 68.7 Å². The number of hydrogen-bond donors (Lipinski definition) is 1. The summed E-state index contributed by atoms with van der Waals surface area (Å²) in [6.07, 6.45) is 0. The molecule has 0 heterocycles. The summed E-state index contributed by atoms with van der Waals surface area (Å²) in [6, 6.07) is 8.34. The number of rotatable bonds is 4. The predicted molar refractivity (Wildman–Crippen MR) is 90.7 cm³/mol. The van der Waals surface area contributed by atoms with Gasteiger partial charge in [0.05, 0.1) is 22.1 Å². The van der Waals surface area contributed by atoms with Crippen molar-refractivity contribution in [3.05, 3.63) is 61.2 Å². The molecule has 0 aromatic heterocycles. The first-order valence-electron chi connectivity index (χ1n) is 6.13. The Morgan fingerprint density at radius 3 is 2.48 bits per heavy atom. The molecule has 0 fully saturated rings. The summed E-state index contributed by atoms with van der Waals surface area (Å²) in [5.41, 5.74) is 1.77. The Morgan fingerprint density at radius 1 is 1.19 bits per heavy atom. The van der Waals surface area contributed by atoms with Crippen LogP contribution in [0.1, 0.15) is 17.2 Å². The van der Waals surface area contributed by atoms with Crippen LogP contribution in [0.2, 0.25) is 5.02 Å². The van der Waals surface area contributed by atoms with Crippen molar-refractivity contribution in [2.45, 2.75) is 6.04 Å². The van der Waals surface area contributed by atoms with Crippen molar-refractivity contribution in [3.8, 4) is 5.75 Å². The molecular formula is C15H13Br2ClFNO. The molecule has 112 valence electrons. The van der Waals surface area contributed by atoms with Crippen LogP contribution in [0.25, 0.3) is 0 Å². The summed E-state index contributed by atoms with van der Waals surface area (Å²) in [5.74, 6) is 0.395. The zero-order valence-corrected chi connectivity index (χ0v) is 15.3. The van der Waals surface area contributed by atoms with Crippen LogP contribution < -0.4 is 10.1 Å². The molecule has 2 nitrogen and oxygen atoms in total. The van der Waals surface area contributed by atoms with Crippen molar-refractivity contribution < 1.29 is 9.13 Å². The summed E-state index contributed by atoms with van der Waals surface area (Å²) in [4.78, 5) is 0. The molecule has 21 heavy (non-hydrogen) atoms. The second kappa shape index (κ2) is 7.09. The van der Waals surface area contributed by atoms with Crippen LogP contribution in [-0.2, 0) is 0 Å². The van der Waals surface area contributed by atoms with Gasteiger partial charge in [0.25, 0.3) is 0 Å². The lowest BCUT2D eigenvalue weighted by Gasteiger charge is -2.21. The van der Waals surface area contributed by atoms with E-state index in [0.29, 0.717) is 15.2 Å². The average Bonchev–Trinajstić information content (AvgIpc) is 2.43. The van der Waals surface area contributed by atoms with Crippen LogP contribution in [0.15, 0.2) is 39.3 Å². The summed E-state index contributed by atoms with van der Waals surface area (Å²) in [7, 11) is 3.43. The molecule has 1 unspecified atom stereocenters. The Labute approximate surface area is 144 Å². The molecule has 0 radical (unpaired) electrons. The molecule has 0 aliphatic rings. The average molecular weight is 438 g/mol. The number of ether oxygens (including phenoxy) is 1. The van der Waals surface area contributed by atoms with Crippen LogP contribution in [0.3, 0.4) is 0 Å². The zero-order valence-electron chi connectivity index (χ0n) is 11.4. The van der Waals surface area contributed by atoms with Crippen LogP contribution in [-0.4, -0.2) is 14.2 Å². The summed E-state index contributed by atoms with van der Waals surface area (Å²) in [6.45, 7) is 0. The van der Waals surface area contributed by atoms with Crippen LogP contribution in [0, 0.1) is 5.82 Å². The first-order valence-corrected chi connectivity index (χ1v) is 8.09. The molecule has 0 bridgehead atoms. The number of halogens is 4. The minimum atomic E-state index is -0.298. The highest BCUT2D eigenvalue weighted by atomic mass is 79.9. The Hall–Kier alpha value is -0.620. The number of hydrogen-bond acceptors (Lipinski definition) is 2. The fraction of sp³-hybridized carbons (Fsp3) is 0.200. The molecular weight excluding hydrogens is 424 g/mol. The number of methoxy groups -OCH3 is 1. The first kappa shape index (κ1) is 16.7. The highest BCUT2D eigenvalue weighted by molar-refractivity contribution is 9.10. The molecule has 1 atom stereocenters. The third-order valence-corrected chi connectivity index (χ3v) is 4.53. The normalized spacial score (nSPS) is 12.3. The van der Waals surface area contributed by atoms with Gasteiger partial charge < -0.3 is 10.1 Å². The van der Waals surface area contributed by atoms with Gasteiger partial charge in [0.1, 0.15) is 11.6 Å². The molecule has 2 aromatic rings. The molecule has 1 N–H and O–H groups in total. The minimum Gasteiger partial charge on any atom is -0.495 e. The molecule has 0 saturated carbocycles. The Kier molecular flexibility index (Phi) is 5.66. The highest BCUT2D eigenvalue weighted by Crippen LogP contribution is 2.38. The maximum Gasteiger partial charge on any atom is 0.138 e. The van der Waals surface area contributed by atoms with Crippen molar-refractivity contribution >= 4 is 43.5 Å². The Bertz CT molecular complexity index is 666. The van der Waals surface area contributed by atoms with Gasteiger partial charge in [-0.25, -0.2) is 4.39 Å². The summed E-state index contributed by atoms with van der Waals surface area (Å²) >= 11 is 12.8. The third kappa shape index (κ3) is 3.59. The van der Waals surface area contributed by atoms with E-state index in [2.05, 4.69) is 37.2 Å². The van der Waals surface area contributed by atoms with Crippen molar-refractivity contribution in [1.29, 1.82) is 0 Å². The summed E-state index contributed by atoms with van der Waals surface area (Å²) in [5, 5.41) is 3.80. The van der Waals surface area contributed by atoms with E-state index < -0.39 is 0 Å². The SMILES string of the molecule is CNC(c1ccc(F)c(Br)c1)c1cc(Cl)cc(Br)c1OC. The van der Waals surface area contributed by atoms with E-state index in [9.17, 15) is 4.39 Å². The van der Waals surface area contributed by atoms with Crippen LogP contribution in [0.5, 0.6) is 5.75 Å². The maximum absolute atomic E-state index is 13.4. The fourth-order valence-corrected chi connectivity index (χ4v) is 3.60. The molecule has 0 amide bonds. The zero-order chi connectivity index (χ0) is 15.6. The van der Waals surface area contributed by atoms with Gasteiger partial charge >= 0.3 is 0 Å². The first-order chi connectivity index (χ1) is 9.97. The topological polar surface area (TPSA) is 21.3 Å². The van der Waals surface area contributed by atoms with E-state index in [0.717, 1.165) is 15.6 Å². The minimum absolute atomic E-state index is 0.174. The van der Waals surface area contributed by atoms with Gasteiger partial charge in [0.2, 0.25) is 0 Å². The van der Waals surface area contributed by atoms with Crippen molar-refractivity contribution in [1.82, 2.24) is 5.32 Å². The van der Waals surface area contributed by atoms with E-state index in [1.54, 1.807) is 25.3 Å². The van der Waals surface area contributed by atoms with E-state index >= 15 is 0 Å². The second-order valence-corrected chi connectivity index (χ2v) is 6.55. The molecule has 0 saturated heterocycles. The van der Waals surface area contributed by atoms with Gasteiger partial charge in [0.15, 0.2) is 0 Å².